The number of carbonyl (C=O) groups is 1. The molecule has 1 heterocycles. The first-order chi connectivity index (χ1) is 9.68. The fourth-order valence-electron chi connectivity index (χ4n) is 3.08. The van der Waals surface area contributed by atoms with Crippen LogP contribution in [0.2, 0.25) is 0 Å². The molecule has 3 heteroatoms. The molecule has 0 bridgehead atoms. The SMILES string of the molecule is CCCC1(C(=O)NCC(C)c2ccccc2)CCNC1. The molecule has 0 aromatic heterocycles. The molecule has 0 spiro atoms. The molecule has 2 rings (SSSR count). The predicted octanol–water partition coefficient (Wildman–Crippen LogP) is 2.69. The molecule has 1 saturated heterocycles. The lowest BCUT2D eigenvalue weighted by Gasteiger charge is -2.27. The van der Waals surface area contributed by atoms with Crippen molar-refractivity contribution in [1.29, 1.82) is 0 Å². The topological polar surface area (TPSA) is 41.1 Å². The van der Waals surface area contributed by atoms with E-state index in [2.05, 4.69) is 36.6 Å². The van der Waals surface area contributed by atoms with E-state index in [1.807, 2.05) is 18.2 Å². The van der Waals surface area contributed by atoms with Crippen molar-refractivity contribution in [2.75, 3.05) is 19.6 Å². The summed E-state index contributed by atoms with van der Waals surface area (Å²) in [4.78, 5) is 12.5. The fourth-order valence-corrected chi connectivity index (χ4v) is 3.08. The number of hydrogen-bond acceptors (Lipinski definition) is 2. The molecule has 3 nitrogen and oxygen atoms in total. The monoisotopic (exact) mass is 274 g/mol. The number of hydrogen-bond donors (Lipinski definition) is 2. The molecule has 2 N–H and O–H groups in total. The summed E-state index contributed by atoms with van der Waals surface area (Å²) in [5, 5.41) is 6.51. The van der Waals surface area contributed by atoms with Crippen molar-refractivity contribution in [3.05, 3.63) is 35.9 Å². The highest BCUT2D eigenvalue weighted by Crippen LogP contribution is 2.31. The van der Waals surface area contributed by atoms with Gasteiger partial charge in [0.2, 0.25) is 5.91 Å². The van der Waals surface area contributed by atoms with Crippen LogP contribution in [0.5, 0.6) is 0 Å². The molecule has 0 aliphatic carbocycles. The Morgan fingerprint density at radius 1 is 1.40 bits per heavy atom. The summed E-state index contributed by atoms with van der Waals surface area (Å²) in [6.07, 6.45) is 3.00. The van der Waals surface area contributed by atoms with E-state index in [1.54, 1.807) is 0 Å². The Balaban J connectivity index is 1.91. The standard InChI is InChI=1S/C17H26N2O/c1-3-9-17(10-11-18-13-17)16(20)19-12-14(2)15-7-5-4-6-8-15/h4-8,14,18H,3,9-13H2,1-2H3,(H,19,20). The minimum absolute atomic E-state index is 0.175. The third-order valence-electron chi connectivity index (χ3n) is 4.39. The first kappa shape index (κ1) is 15.0. The molecule has 1 amide bonds. The molecule has 110 valence electrons. The second kappa shape index (κ2) is 6.89. The number of benzene rings is 1. The Morgan fingerprint density at radius 2 is 2.15 bits per heavy atom. The van der Waals surface area contributed by atoms with Crippen LogP contribution in [0.1, 0.15) is 44.6 Å². The summed E-state index contributed by atoms with van der Waals surface area (Å²) in [5.74, 6) is 0.584. The van der Waals surface area contributed by atoms with Gasteiger partial charge in [-0.1, -0.05) is 50.6 Å². The molecule has 1 fully saturated rings. The number of amides is 1. The van der Waals surface area contributed by atoms with Crippen LogP contribution in [-0.2, 0) is 4.79 Å². The molecule has 1 aliphatic rings. The van der Waals surface area contributed by atoms with Crippen molar-refractivity contribution in [1.82, 2.24) is 10.6 Å². The summed E-state index contributed by atoms with van der Waals surface area (Å²) >= 11 is 0. The lowest BCUT2D eigenvalue weighted by molar-refractivity contribution is -0.130. The van der Waals surface area contributed by atoms with E-state index in [-0.39, 0.29) is 11.3 Å². The zero-order valence-corrected chi connectivity index (χ0v) is 12.6. The highest BCUT2D eigenvalue weighted by molar-refractivity contribution is 5.83. The van der Waals surface area contributed by atoms with Gasteiger partial charge in [0.25, 0.3) is 0 Å². The van der Waals surface area contributed by atoms with Crippen LogP contribution in [0.4, 0.5) is 0 Å². The van der Waals surface area contributed by atoms with Crippen LogP contribution in [0, 0.1) is 5.41 Å². The van der Waals surface area contributed by atoms with Gasteiger partial charge in [-0.05, 0) is 30.9 Å². The van der Waals surface area contributed by atoms with Crippen molar-refractivity contribution in [2.45, 2.75) is 39.0 Å². The Hall–Kier alpha value is -1.35. The minimum atomic E-state index is -0.175. The van der Waals surface area contributed by atoms with Gasteiger partial charge in [0.1, 0.15) is 0 Å². The lowest BCUT2D eigenvalue weighted by Crippen LogP contribution is -2.43. The van der Waals surface area contributed by atoms with Gasteiger partial charge >= 0.3 is 0 Å². The first-order valence-electron chi connectivity index (χ1n) is 7.72. The van der Waals surface area contributed by atoms with E-state index in [0.717, 1.165) is 32.4 Å². The van der Waals surface area contributed by atoms with E-state index >= 15 is 0 Å². The van der Waals surface area contributed by atoms with E-state index in [1.165, 1.54) is 5.56 Å². The number of carbonyl (C=O) groups excluding carboxylic acids is 1. The van der Waals surface area contributed by atoms with Crippen LogP contribution >= 0.6 is 0 Å². The Morgan fingerprint density at radius 3 is 2.75 bits per heavy atom. The molecule has 1 aromatic carbocycles. The van der Waals surface area contributed by atoms with Crippen molar-refractivity contribution in [3.63, 3.8) is 0 Å². The summed E-state index contributed by atoms with van der Waals surface area (Å²) in [5.41, 5.74) is 1.10. The highest BCUT2D eigenvalue weighted by atomic mass is 16.2. The lowest BCUT2D eigenvalue weighted by atomic mass is 9.81. The number of nitrogens with one attached hydrogen (secondary N) is 2. The predicted molar refractivity (Wildman–Crippen MR) is 82.7 cm³/mol. The molecule has 0 radical (unpaired) electrons. The van der Waals surface area contributed by atoms with E-state index < -0.39 is 0 Å². The minimum Gasteiger partial charge on any atom is -0.355 e. The van der Waals surface area contributed by atoms with Gasteiger partial charge in [-0.2, -0.15) is 0 Å². The van der Waals surface area contributed by atoms with E-state index in [0.29, 0.717) is 12.5 Å². The van der Waals surface area contributed by atoms with Crippen LogP contribution in [0.15, 0.2) is 30.3 Å². The molecule has 1 aromatic rings. The van der Waals surface area contributed by atoms with E-state index in [9.17, 15) is 4.79 Å². The van der Waals surface area contributed by atoms with Gasteiger partial charge < -0.3 is 10.6 Å². The van der Waals surface area contributed by atoms with E-state index in [4.69, 9.17) is 0 Å². The van der Waals surface area contributed by atoms with Crippen LogP contribution < -0.4 is 10.6 Å². The van der Waals surface area contributed by atoms with Crippen molar-refractivity contribution >= 4 is 5.91 Å². The third-order valence-corrected chi connectivity index (χ3v) is 4.39. The van der Waals surface area contributed by atoms with Crippen molar-refractivity contribution in [2.24, 2.45) is 5.41 Å². The second-order valence-electron chi connectivity index (χ2n) is 5.98. The highest BCUT2D eigenvalue weighted by Gasteiger charge is 2.40. The number of rotatable bonds is 6. The van der Waals surface area contributed by atoms with Gasteiger partial charge in [0.15, 0.2) is 0 Å². The van der Waals surface area contributed by atoms with Crippen molar-refractivity contribution < 1.29 is 4.79 Å². The van der Waals surface area contributed by atoms with Crippen molar-refractivity contribution in [3.8, 4) is 0 Å². The fraction of sp³-hybridized carbons (Fsp3) is 0.588. The van der Waals surface area contributed by atoms with Gasteiger partial charge in [0, 0.05) is 13.1 Å². The molecule has 2 atom stereocenters. The van der Waals surface area contributed by atoms with Crippen LogP contribution in [-0.4, -0.2) is 25.5 Å². The zero-order valence-electron chi connectivity index (χ0n) is 12.6. The largest absolute Gasteiger partial charge is 0.355 e. The quantitative estimate of drug-likeness (QED) is 0.837. The summed E-state index contributed by atoms with van der Waals surface area (Å²) in [7, 11) is 0. The summed E-state index contributed by atoms with van der Waals surface area (Å²) in [6.45, 7) is 6.82. The molecule has 0 saturated carbocycles. The van der Waals surface area contributed by atoms with Crippen LogP contribution in [0.3, 0.4) is 0 Å². The van der Waals surface area contributed by atoms with Crippen LogP contribution in [0.25, 0.3) is 0 Å². The maximum absolute atomic E-state index is 12.5. The van der Waals surface area contributed by atoms with Gasteiger partial charge in [0.05, 0.1) is 5.41 Å². The average molecular weight is 274 g/mol. The second-order valence-corrected chi connectivity index (χ2v) is 5.98. The molecule has 2 unspecified atom stereocenters. The maximum atomic E-state index is 12.5. The zero-order chi connectivity index (χ0) is 14.4. The van der Waals surface area contributed by atoms with Gasteiger partial charge in [-0.3, -0.25) is 4.79 Å². The van der Waals surface area contributed by atoms with Gasteiger partial charge in [-0.25, -0.2) is 0 Å². The normalized spacial score (nSPS) is 23.5. The Labute approximate surface area is 122 Å². The Kier molecular flexibility index (Phi) is 5.18. The molecular formula is C17H26N2O. The smallest absolute Gasteiger partial charge is 0.227 e. The molecule has 20 heavy (non-hydrogen) atoms. The maximum Gasteiger partial charge on any atom is 0.227 e. The molecular weight excluding hydrogens is 248 g/mol. The summed E-state index contributed by atoms with van der Waals surface area (Å²) in [6, 6.07) is 10.4. The van der Waals surface area contributed by atoms with Gasteiger partial charge in [-0.15, -0.1) is 0 Å². The third kappa shape index (κ3) is 3.40. The average Bonchev–Trinajstić information content (AvgIpc) is 2.95. The first-order valence-corrected chi connectivity index (χ1v) is 7.72. The summed E-state index contributed by atoms with van der Waals surface area (Å²) < 4.78 is 0. The molecule has 1 aliphatic heterocycles. The Bertz CT molecular complexity index is 424.